The summed E-state index contributed by atoms with van der Waals surface area (Å²) in [6, 6.07) is 0. The molecule has 0 aromatic heterocycles. The van der Waals surface area contributed by atoms with Gasteiger partial charge in [-0.2, -0.15) is 0 Å². The molecule has 0 aliphatic carbocycles. The number of guanidine groups is 1. The van der Waals surface area contributed by atoms with E-state index in [4.69, 9.17) is 10.5 Å². The summed E-state index contributed by atoms with van der Waals surface area (Å²) < 4.78 is 5.64. The summed E-state index contributed by atoms with van der Waals surface area (Å²) >= 11 is 0. The van der Waals surface area contributed by atoms with E-state index >= 15 is 0 Å². The Hall–Kier alpha value is -0.570. The van der Waals surface area contributed by atoms with Crippen LogP contribution in [0.2, 0.25) is 0 Å². The molecule has 7 heteroatoms. The van der Waals surface area contributed by atoms with Crippen LogP contribution in [0, 0.1) is 0 Å². The lowest BCUT2D eigenvalue weighted by atomic mass is 10.2. The molecule has 1 rings (SSSR count). The summed E-state index contributed by atoms with van der Waals surface area (Å²) in [6.45, 7) is 0.515. The molecule has 1 heterocycles. The SMILES string of the molecule is CN(C)C(=O)C1CCC(CN=C(N)N(C)C)O1.I. The van der Waals surface area contributed by atoms with Crippen molar-refractivity contribution in [2.24, 2.45) is 10.7 Å². The summed E-state index contributed by atoms with van der Waals surface area (Å²) in [5, 5.41) is 0. The molecule has 1 amide bonds. The van der Waals surface area contributed by atoms with Gasteiger partial charge in [-0.1, -0.05) is 0 Å². The largest absolute Gasteiger partial charge is 0.370 e. The number of nitrogens with two attached hydrogens (primary N) is 1. The van der Waals surface area contributed by atoms with E-state index in [1.807, 2.05) is 14.1 Å². The van der Waals surface area contributed by atoms with Gasteiger partial charge in [0.1, 0.15) is 6.10 Å². The minimum absolute atomic E-state index is 0. The highest BCUT2D eigenvalue weighted by atomic mass is 127. The number of amides is 1. The summed E-state index contributed by atoms with van der Waals surface area (Å²) in [5.41, 5.74) is 5.68. The molecule has 0 aromatic rings. The number of nitrogens with zero attached hydrogens (tertiary/aromatic N) is 3. The molecule has 6 nitrogen and oxygen atoms in total. The Morgan fingerprint density at radius 1 is 1.28 bits per heavy atom. The second-order valence-electron chi connectivity index (χ2n) is 4.65. The Morgan fingerprint density at radius 3 is 2.39 bits per heavy atom. The van der Waals surface area contributed by atoms with Gasteiger partial charge in [-0.25, -0.2) is 0 Å². The number of rotatable bonds is 3. The van der Waals surface area contributed by atoms with Crippen molar-refractivity contribution in [3.8, 4) is 0 Å². The van der Waals surface area contributed by atoms with E-state index < -0.39 is 0 Å². The fourth-order valence-electron chi connectivity index (χ4n) is 1.65. The molecule has 1 aliphatic rings. The van der Waals surface area contributed by atoms with Gasteiger partial charge in [0.05, 0.1) is 12.6 Å². The van der Waals surface area contributed by atoms with Crippen LogP contribution in [0.1, 0.15) is 12.8 Å². The first kappa shape index (κ1) is 17.4. The van der Waals surface area contributed by atoms with Crippen molar-refractivity contribution in [3.63, 3.8) is 0 Å². The highest BCUT2D eigenvalue weighted by Gasteiger charge is 2.31. The standard InChI is InChI=1S/C11H22N4O2.HI/c1-14(2)10(16)9-6-5-8(17-9)7-13-11(12)15(3)4;/h8-9H,5-7H2,1-4H3,(H2,12,13);1H. The van der Waals surface area contributed by atoms with Gasteiger partial charge in [0.25, 0.3) is 5.91 Å². The summed E-state index contributed by atoms with van der Waals surface area (Å²) in [4.78, 5) is 19.2. The molecule has 0 radical (unpaired) electrons. The quantitative estimate of drug-likeness (QED) is 0.435. The predicted octanol–water partition coefficient (Wildman–Crippen LogP) is 0.116. The number of carbonyl (C=O) groups excluding carboxylic acids is 1. The molecule has 2 N–H and O–H groups in total. The van der Waals surface area contributed by atoms with Gasteiger partial charge in [0.2, 0.25) is 0 Å². The van der Waals surface area contributed by atoms with Crippen LogP contribution < -0.4 is 5.73 Å². The maximum atomic E-state index is 11.7. The smallest absolute Gasteiger partial charge is 0.251 e. The van der Waals surface area contributed by atoms with E-state index in [1.54, 1.807) is 23.9 Å². The first-order chi connectivity index (χ1) is 7.91. The first-order valence-corrected chi connectivity index (χ1v) is 5.75. The second-order valence-corrected chi connectivity index (χ2v) is 4.65. The normalized spacial score (nSPS) is 23.4. The van der Waals surface area contributed by atoms with Crippen molar-refractivity contribution in [2.75, 3.05) is 34.7 Å². The molecule has 0 aromatic carbocycles. The van der Waals surface area contributed by atoms with Crippen LogP contribution in [0.4, 0.5) is 0 Å². The van der Waals surface area contributed by atoms with Gasteiger partial charge in [-0.05, 0) is 12.8 Å². The fourth-order valence-corrected chi connectivity index (χ4v) is 1.65. The Morgan fingerprint density at radius 2 is 1.89 bits per heavy atom. The van der Waals surface area contributed by atoms with Crippen molar-refractivity contribution in [3.05, 3.63) is 0 Å². The van der Waals surface area contributed by atoms with Crippen LogP contribution in [-0.4, -0.2) is 68.6 Å². The number of aliphatic imine (C=N–C) groups is 1. The molecule has 0 spiro atoms. The topological polar surface area (TPSA) is 71.2 Å². The summed E-state index contributed by atoms with van der Waals surface area (Å²) in [7, 11) is 7.15. The van der Waals surface area contributed by atoms with Gasteiger partial charge < -0.3 is 20.3 Å². The lowest BCUT2D eigenvalue weighted by Crippen LogP contribution is -2.34. The highest BCUT2D eigenvalue weighted by molar-refractivity contribution is 14.0. The molecule has 0 saturated carbocycles. The maximum Gasteiger partial charge on any atom is 0.251 e. The van der Waals surface area contributed by atoms with Crippen LogP contribution in [0.3, 0.4) is 0 Å². The van der Waals surface area contributed by atoms with Crippen LogP contribution >= 0.6 is 24.0 Å². The average molecular weight is 370 g/mol. The Labute approximate surface area is 126 Å². The zero-order valence-corrected chi connectivity index (χ0v) is 13.8. The van der Waals surface area contributed by atoms with E-state index in [0.717, 1.165) is 12.8 Å². The van der Waals surface area contributed by atoms with Crippen LogP contribution in [0.15, 0.2) is 4.99 Å². The Bertz CT molecular complexity index is 307. The molecule has 1 fully saturated rings. The molecule has 1 saturated heterocycles. The molecular weight excluding hydrogens is 347 g/mol. The van der Waals surface area contributed by atoms with Crippen molar-refractivity contribution in [2.45, 2.75) is 25.0 Å². The third-order valence-electron chi connectivity index (χ3n) is 2.74. The molecule has 18 heavy (non-hydrogen) atoms. The lowest BCUT2D eigenvalue weighted by Gasteiger charge is -2.17. The van der Waals surface area contributed by atoms with Gasteiger partial charge in [-0.15, -0.1) is 24.0 Å². The van der Waals surface area contributed by atoms with Crippen LogP contribution in [-0.2, 0) is 9.53 Å². The van der Waals surface area contributed by atoms with Crippen molar-refractivity contribution in [1.82, 2.24) is 9.80 Å². The fraction of sp³-hybridized carbons (Fsp3) is 0.818. The Balaban J connectivity index is 0.00000289. The summed E-state index contributed by atoms with van der Waals surface area (Å²) in [6.07, 6.45) is 1.31. The van der Waals surface area contributed by atoms with E-state index in [9.17, 15) is 4.79 Å². The van der Waals surface area contributed by atoms with E-state index in [-0.39, 0.29) is 42.1 Å². The third-order valence-corrected chi connectivity index (χ3v) is 2.74. The maximum absolute atomic E-state index is 11.7. The number of ether oxygens (including phenoxy) is 1. The zero-order valence-electron chi connectivity index (χ0n) is 11.4. The molecular formula is C11H23IN4O2. The van der Waals surface area contributed by atoms with Crippen molar-refractivity contribution < 1.29 is 9.53 Å². The number of hydrogen-bond acceptors (Lipinski definition) is 3. The molecule has 106 valence electrons. The Kier molecular flexibility index (Phi) is 7.53. The van der Waals surface area contributed by atoms with Crippen LogP contribution in [0.5, 0.6) is 0 Å². The molecule has 2 atom stereocenters. The van der Waals surface area contributed by atoms with Crippen LogP contribution in [0.25, 0.3) is 0 Å². The molecule has 2 unspecified atom stereocenters. The highest BCUT2D eigenvalue weighted by Crippen LogP contribution is 2.21. The monoisotopic (exact) mass is 370 g/mol. The predicted molar refractivity (Wildman–Crippen MR) is 82.2 cm³/mol. The lowest BCUT2D eigenvalue weighted by molar-refractivity contribution is -0.140. The van der Waals surface area contributed by atoms with Gasteiger partial charge >= 0.3 is 0 Å². The molecule has 1 aliphatic heterocycles. The number of hydrogen-bond donors (Lipinski definition) is 1. The minimum Gasteiger partial charge on any atom is -0.370 e. The number of halogens is 1. The summed E-state index contributed by atoms with van der Waals surface area (Å²) in [5.74, 6) is 0.507. The van der Waals surface area contributed by atoms with E-state index in [1.165, 1.54) is 0 Å². The first-order valence-electron chi connectivity index (χ1n) is 5.75. The number of likely N-dealkylation sites (N-methyl/N-ethyl adjacent to an activating group) is 1. The minimum atomic E-state index is -0.314. The third kappa shape index (κ3) is 4.97. The van der Waals surface area contributed by atoms with Gasteiger partial charge in [-0.3, -0.25) is 9.79 Å². The second kappa shape index (κ2) is 7.78. The zero-order chi connectivity index (χ0) is 13.0. The van der Waals surface area contributed by atoms with E-state index in [2.05, 4.69) is 4.99 Å². The van der Waals surface area contributed by atoms with Crippen molar-refractivity contribution >= 4 is 35.8 Å². The van der Waals surface area contributed by atoms with Gasteiger partial charge in [0.15, 0.2) is 5.96 Å². The molecule has 0 bridgehead atoms. The van der Waals surface area contributed by atoms with Crippen molar-refractivity contribution in [1.29, 1.82) is 0 Å². The average Bonchev–Trinajstić information content (AvgIpc) is 2.72. The number of carbonyl (C=O) groups is 1. The van der Waals surface area contributed by atoms with Gasteiger partial charge in [0, 0.05) is 28.2 Å². The van der Waals surface area contributed by atoms with E-state index in [0.29, 0.717) is 12.5 Å².